The van der Waals surface area contributed by atoms with Crippen molar-refractivity contribution in [3.05, 3.63) is 59.0 Å². The molecule has 0 radical (unpaired) electrons. The van der Waals surface area contributed by atoms with Gasteiger partial charge in [-0.2, -0.15) is 0 Å². The number of amides is 1. The van der Waals surface area contributed by atoms with Gasteiger partial charge in [0.15, 0.2) is 0 Å². The van der Waals surface area contributed by atoms with E-state index in [0.29, 0.717) is 24.9 Å². The van der Waals surface area contributed by atoms with Crippen LogP contribution < -0.4 is 5.32 Å². The molecule has 1 aliphatic rings. The van der Waals surface area contributed by atoms with E-state index in [4.69, 9.17) is 0 Å². The molecule has 7 heteroatoms. The minimum absolute atomic E-state index is 0.113. The van der Waals surface area contributed by atoms with E-state index in [0.717, 1.165) is 43.7 Å². The van der Waals surface area contributed by atoms with Crippen LogP contribution in [0.4, 0.5) is 10.2 Å². The number of carbonyl (C=O) groups excluding carboxylic acids is 1. The molecule has 0 fully saturated rings. The van der Waals surface area contributed by atoms with Crippen LogP contribution in [0.25, 0.3) is 0 Å². The van der Waals surface area contributed by atoms with Crippen LogP contribution in [-0.2, 0) is 22.4 Å². The summed E-state index contributed by atoms with van der Waals surface area (Å²) in [4.78, 5) is 30.5. The summed E-state index contributed by atoms with van der Waals surface area (Å²) >= 11 is 0. The van der Waals surface area contributed by atoms with Crippen molar-refractivity contribution in [2.24, 2.45) is 0 Å². The molecule has 2 N–H and O–H groups in total. The van der Waals surface area contributed by atoms with Crippen LogP contribution in [0, 0.1) is 5.82 Å². The third kappa shape index (κ3) is 6.26. The number of anilines is 1. The number of carboxylic acids is 1. The van der Waals surface area contributed by atoms with Gasteiger partial charge in [-0.25, -0.2) is 9.37 Å². The molecule has 0 saturated heterocycles. The molecule has 1 amide bonds. The number of carboxylic acid groups (broad SMARTS) is 1. The van der Waals surface area contributed by atoms with Gasteiger partial charge in [-0.05, 0) is 68.4 Å². The molecule has 0 aliphatic carbocycles. The van der Waals surface area contributed by atoms with Gasteiger partial charge in [0.2, 0.25) is 5.91 Å². The highest BCUT2D eigenvalue weighted by Gasteiger charge is 2.26. The molecule has 1 atom stereocenters. The number of rotatable bonds is 10. The van der Waals surface area contributed by atoms with E-state index in [2.05, 4.69) is 22.4 Å². The van der Waals surface area contributed by atoms with Gasteiger partial charge in [0.25, 0.3) is 0 Å². The smallest absolute Gasteiger partial charge is 0.305 e. The zero-order valence-corrected chi connectivity index (χ0v) is 17.9. The van der Waals surface area contributed by atoms with Crippen LogP contribution in [0.5, 0.6) is 0 Å². The van der Waals surface area contributed by atoms with Crippen LogP contribution in [0.2, 0.25) is 0 Å². The molecule has 2 heterocycles. The maximum atomic E-state index is 13.7. The molecule has 0 spiro atoms. The van der Waals surface area contributed by atoms with Gasteiger partial charge in [-0.15, -0.1) is 0 Å². The topological polar surface area (TPSA) is 82.5 Å². The number of pyridine rings is 1. The van der Waals surface area contributed by atoms with Gasteiger partial charge >= 0.3 is 5.97 Å². The Morgan fingerprint density at radius 1 is 1.26 bits per heavy atom. The molecule has 2 aromatic rings. The lowest BCUT2D eigenvalue weighted by atomic mass is 10.0. The van der Waals surface area contributed by atoms with Crippen LogP contribution in [0.1, 0.15) is 61.9 Å². The second-order valence-electron chi connectivity index (χ2n) is 7.90. The predicted molar refractivity (Wildman–Crippen MR) is 117 cm³/mol. The van der Waals surface area contributed by atoms with Gasteiger partial charge in [0.05, 0.1) is 12.5 Å². The first-order valence-corrected chi connectivity index (χ1v) is 11.0. The minimum atomic E-state index is -1.02. The average Bonchev–Trinajstić information content (AvgIpc) is 2.76. The maximum Gasteiger partial charge on any atom is 0.305 e. The van der Waals surface area contributed by atoms with Gasteiger partial charge < -0.3 is 15.3 Å². The lowest BCUT2D eigenvalue weighted by Crippen LogP contribution is -2.36. The number of nitrogens with one attached hydrogen (secondary N) is 1. The first-order chi connectivity index (χ1) is 15.0. The summed E-state index contributed by atoms with van der Waals surface area (Å²) in [6.45, 7) is 3.13. The Hall–Kier alpha value is -2.96. The fourth-order valence-electron chi connectivity index (χ4n) is 4.09. The number of fused-ring (bicyclic) bond motifs is 1. The fraction of sp³-hybridized carbons (Fsp3) is 0.458. The second kappa shape index (κ2) is 10.9. The number of aryl methyl sites for hydroxylation is 2. The van der Waals surface area contributed by atoms with E-state index in [1.165, 1.54) is 23.8 Å². The SMILES string of the molecule is CCN(C(=O)CCCCc1ccc2c(n1)NCCC2)[C@@H](CC(=O)O)c1cccc(F)c1. The first kappa shape index (κ1) is 22.7. The van der Waals surface area contributed by atoms with Crippen molar-refractivity contribution in [1.82, 2.24) is 9.88 Å². The quantitative estimate of drug-likeness (QED) is 0.551. The van der Waals surface area contributed by atoms with Crippen molar-refractivity contribution >= 4 is 17.7 Å². The Labute approximate surface area is 182 Å². The van der Waals surface area contributed by atoms with E-state index in [1.807, 2.05) is 6.92 Å². The predicted octanol–water partition coefficient (Wildman–Crippen LogP) is 4.36. The molecule has 0 saturated carbocycles. The van der Waals surface area contributed by atoms with Gasteiger partial charge in [0.1, 0.15) is 11.6 Å². The standard InChI is InChI=1S/C24H30FN3O3/c1-2-28(21(16-23(30)31)18-7-5-9-19(25)15-18)22(29)11-4-3-10-20-13-12-17-8-6-14-26-24(17)27-20/h5,7,9,12-13,15,21H,2-4,6,8,10-11,14,16H2,1H3,(H,26,27)(H,30,31)/t21-/m0/s1. The highest BCUT2D eigenvalue weighted by Crippen LogP contribution is 2.26. The summed E-state index contributed by atoms with van der Waals surface area (Å²) in [6.07, 6.45) is 4.54. The zero-order valence-electron chi connectivity index (χ0n) is 17.9. The number of hydrogen-bond donors (Lipinski definition) is 2. The molecular formula is C24H30FN3O3. The van der Waals surface area contributed by atoms with Crippen molar-refractivity contribution in [2.75, 3.05) is 18.4 Å². The molecule has 1 aliphatic heterocycles. The maximum absolute atomic E-state index is 13.7. The molecule has 6 nitrogen and oxygen atoms in total. The molecule has 0 bridgehead atoms. The summed E-state index contributed by atoms with van der Waals surface area (Å²) < 4.78 is 13.7. The molecule has 166 valence electrons. The zero-order chi connectivity index (χ0) is 22.2. The number of hydrogen-bond acceptors (Lipinski definition) is 4. The van der Waals surface area contributed by atoms with Crippen molar-refractivity contribution in [3.63, 3.8) is 0 Å². The molecule has 1 aromatic heterocycles. The number of halogens is 1. The van der Waals surface area contributed by atoms with Crippen molar-refractivity contribution < 1.29 is 19.1 Å². The third-order valence-corrected chi connectivity index (χ3v) is 5.66. The average molecular weight is 428 g/mol. The number of unbranched alkanes of at least 4 members (excludes halogenated alkanes) is 1. The summed E-state index contributed by atoms with van der Waals surface area (Å²) in [5.41, 5.74) is 2.77. The Morgan fingerprint density at radius 2 is 2.10 bits per heavy atom. The number of benzene rings is 1. The number of aliphatic carboxylic acids is 1. The Kier molecular flexibility index (Phi) is 7.98. The van der Waals surface area contributed by atoms with Crippen LogP contribution in [0.3, 0.4) is 0 Å². The number of aromatic nitrogens is 1. The lowest BCUT2D eigenvalue weighted by Gasteiger charge is -2.30. The monoisotopic (exact) mass is 427 g/mol. The van der Waals surface area contributed by atoms with Crippen molar-refractivity contribution in [3.8, 4) is 0 Å². The largest absolute Gasteiger partial charge is 0.481 e. The van der Waals surface area contributed by atoms with Gasteiger partial charge in [-0.1, -0.05) is 18.2 Å². The summed E-state index contributed by atoms with van der Waals surface area (Å²) in [5.74, 6) is -0.599. The van der Waals surface area contributed by atoms with Crippen LogP contribution in [-0.4, -0.2) is 40.0 Å². The Balaban J connectivity index is 1.57. The van der Waals surface area contributed by atoms with Crippen LogP contribution >= 0.6 is 0 Å². The lowest BCUT2D eigenvalue weighted by molar-refractivity contribution is -0.141. The van der Waals surface area contributed by atoms with E-state index < -0.39 is 17.8 Å². The second-order valence-corrected chi connectivity index (χ2v) is 7.90. The highest BCUT2D eigenvalue weighted by atomic mass is 19.1. The first-order valence-electron chi connectivity index (χ1n) is 11.0. The van der Waals surface area contributed by atoms with E-state index in [-0.39, 0.29) is 12.3 Å². The Morgan fingerprint density at radius 3 is 2.84 bits per heavy atom. The van der Waals surface area contributed by atoms with E-state index >= 15 is 0 Å². The molecule has 0 unspecified atom stereocenters. The fourth-order valence-corrected chi connectivity index (χ4v) is 4.09. The summed E-state index contributed by atoms with van der Waals surface area (Å²) in [6, 6.07) is 9.32. The molecule has 31 heavy (non-hydrogen) atoms. The Bertz CT molecular complexity index is 919. The minimum Gasteiger partial charge on any atom is -0.481 e. The van der Waals surface area contributed by atoms with Crippen molar-refractivity contribution in [1.29, 1.82) is 0 Å². The molecular weight excluding hydrogens is 397 g/mol. The van der Waals surface area contributed by atoms with E-state index in [9.17, 15) is 19.1 Å². The normalized spacial score (nSPS) is 13.7. The van der Waals surface area contributed by atoms with E-state index in [1.54, 1.807) is 11.0 Å². The summed E-state index contributed by atoms with van der Waals surface area (Å²) in [5, 5.41) is 12.7. The van der Waals surface area contributed by atoms with Gasteiger partial charge in [-0.3, -0.25) is 9.59 Å². The number of carbonyl (C=O) groups is 2. The molecule has 1 aromatic carbocycles. The molecule has 3 rings (SSSR count). The highest BCUT2D eigenvalue weighted by molar-refractivity contribution is 5.78. The van der Waals surface area contributed by atoms with Gasteiger partial charge in [0, 0.05) is 25.2 Å². The summed E-state index contributed by atoms with van der Waals surface area (Å²) in [7, 11) is 0. The van der Waals surface area contributed by atoms with Crippen LogP contribution in [0.15, 0.2) is 36.4 Å². The van der Waals surface area contributed by atoms with Crippen molar-refractivity contribution in [2.45, 2.75) is 57.9 Å². The third-order valence-electron chi connectivity index (χ3n) is 5.66. The number of nitrogens with zero attached hydrogens (tertiary/aromatic N) is 2.